The molecular formula is C17H21NO2. The molecule has 0 aliphatic heterocycles. The molecule has 0 saturated carbocycles. The Morgan fingerprint density at radius 3 is 2.65 bits per heavy atom. The van der Waals surface area contributed by atoms with Gasteiger partial charge in [-0.3, -0.25) is 0 Å². The van der Waals surface area contributed by atoms with Gasteiger partial charge in [0.05, 0.1) is 6.61 Å². The van der Waals surface area contributed by atoms with Crippen LogP contribution in [0.15, 0.2) is 36.4 Å². The van der Waals surface area contributed by atoms with Gasteiger partial charge in [0.25, 0.3) is 0 Å². The molecule has 0 aromatic heterocycles. The molecule has 0 atom stereocenters. The van der Waals surface area contributed by atoms with Crippen LogP contribution in [0.4, 0.5) is 5.69 Å². The van der Waals surface area contributed by atoms with Gasteiger partial charge in [-0.05, 0) is 55.7 Å². The molecule has 0 aliphatic carbocycles. The van der Waals surface area contributed by atoms with Crippen LogP contribution < -0.4 is 10.1 Å². The zero-order valence-electron chi connectivity index (χ0n) is 12.2. The van der Waals surface area contributed by atoms with Crippen LogP contribution >= 0.6 is 0 Å². The molecule has 0 saturated heterocycles. The Hall–Kier alpha value is -2.16. The summed E-state index contributed by atoms with van der Waals surface area (Å²) in [6.07, 6.45) is 0. The summed E-state index contributed by atoms with van der Waals surface area (Å²) in [5, 5.41) is 13.1. The topological polar surface area (TPSA) is 41.5 Å². The Balaban J connectivity index is 2.10. The van der Waals surface area contributed by atoms with Crippen molar-refractivity contribution in [2.45, 2.75) is 27.3 Å². The number of rotatable bonds is 5. The molecule has 0 amide bonds. The number of anilines is 1. The number of ether oxygens (including phenoxy) is 1. The number of benzene rings is 2. The van der Waals surface area contributed by atoms with Crippen LogP contribution in [-0.4, -0.2) is 11.7 Å². The number of aromatic hydroxyl groups is 1. The number of phenolic OH excluding ortho intramolecular Hbond substituents is 1. The van der Waals surface area contributed by atoms with E-state index in [0.717, 1.165) is 11.3 Å². The van der Waals surface area contributed by atoms with E-state index in [2.05, 4.69) is 37.4 Å². The van der Waals surface area contributed by atoms with Crippen molar-refractivity contribution in [1.29, 1.82) is 0 Å². The SMILES string of the molecule is CCOc1cc(CNc2cc(C)ccc2C)ccc1O. The summed E-state index contributed by atoms with van der Waals surface area (Å²) in [4.78, 5) is 0. The molecule has 2 N–H and O–H groups in total. The lowest BCUT2D eigenvalue weighted by Gasteiger charge is -2.12. The van der Waals surface area contributed by atoms with Crippen LogP contribution in [0, 0.1) is 13.8 Å². The minimum Gasteiger partial charge on any atom is -0.504 e. The van der Waals surface area contributed by atoms with E-state index in [1.165, 1.54) is 11.1 Å². The summed E-state index contributed by atoms with van der Waals surface area (Å²) in [5.41, 5.74) is 4.67. The van der Waals surface area contributed by atoms with Crippen molar-refractivity contribution in [3.63, 3.8) is 0 Å². The van der Waals surface area contributed by atoms with Crippen molar-refractivity contribution in [3.8, 4) is 11.5 Å². The molecule has 0 radical (unpaired) electrons. The van der Waals surface area contributed by atoms with Crippen LogP contribution in [0.25, 0.3) is 0 Å². The predicted octanol–water partition coefficient (Wildman–Crippen LogP) is 4.02. The van der Waals surface area contributed by atoms with Gasteiger partial charge >= 0.3 is 0 Å². The van der Waals surface area contributed by atoms with E-state index in [0.29, 0.717) is 18.9 Å². The highest BCUT2D eigenvalue weighted by Gasteiger charge is 2.04. The molecule has 0 fully saturated rings. The third kappa shape index (κ3) is 3.44. The van der Waals surface area contributed by atoms with Gasteiger partial charge in [-0.25, -0.2) is 0 Å². The van der Waals surface area contributed by atoms with E-state index in [4.69, 9.17) is 4.74 Å². The fourth-order valence-electron chi connectivity index (χ4n) is 2.06. The molecule has 3 heteroatoms. The van der Waals surface area contributed by atoms with Crippen LogP contribution in [-0.2, 0) is 6.54 Å². The summed E-state index contributed by atoms with van der Waals surface area (Å²) in [6.45, 7) is 7.31. The molecule has 0 bridgehead atoms. The Kier molecular flexibility index (Phi) is 4.51. The molecular weight excluding hydrogens is 250 g/mol. The summed E-state index contributed by atoms with van der Waals surface area (Å²) in [6, 6.07) is 11.8. The second kappa shape index (κ2) is 6.33. The highest BCUT2D eigenvalue weighted by atomic mass is 16.5. The minimum absolute atomic E-state index is 0.183. The summed E-state index contributed by atoms with van der Waals surface area (Å²) < 4.78 is 5.39. The highest BCUT2D eigenvalue weighted by Crippen LogP contribution is 2.27. The zero-order valence-corrected chi connectivity index (χ0v) is 12.2. The fourth-order valence-corrected chi connectivity index (χ4v) is 2.06. The maximum absolute atomic E-state index is 9.69. The van der Waals surface area contributed by atoms with Crippen molar-refractivity contribution in [2.75, 3.05) is 11.9 Å². The van der Waals surface area contributed by atoms with E-state index < -0.39 is 0 Å². The van der Waals surface area contributed by atoms with Crippen molar-refractivity contribution >= 4 is 5.69 Å². The predicted molar refractivity (Wildman–Crippen MR) is 82.5 cm³/mol. The van der Waals surface area contributed by atoms with Crippen molar-refractivity contribution in [3.05, 3.63) is 53.1 Å². The molecule has 0 heterocycles. The van der Waals surface area contributed by atoms with Gasteiger partial charge in [0.15, 0.2) is 11.5 Å². The van der Waals surface area contributed by atoms with Crippen molar-refractivity contribution in [1.82, 2.24) is 0 Å². The van der Waals surface area contributed by atoms with Crippen LogP contribution in [0.5, 0.6) is 11.5 Å². The number of aryl methyl sites for hydroxylation is 2. The van der Waals surface area contributed by atoms with Gasteiger partial charge < -0.3 is 15.2 Å². The first-order valence-corrected chi connectivity index (χ1v) is 6.86. The van der Waals surface area contributed by atoms with Crippen LogP contribution in [0.1, 0.15) is 23.6 Å². The van der Waals surface area contributed by atoms with Gasteiger partial charge in [-0.1, -0.05) is 18.2 Å². The lowest BCUT2D eigenvalue weighted by Crippen LogP contribution is -2.02. The highest BCUT2D eigenvalue weighted by molar-refractivity contribution is 5.53. The van der Waals surface area contributed by atoms with Gasteiger partial charge in [-0.2, -0.15) is 0 Å². The van der Waals surface area contributed by atoms with Gasteiger partial charge in [0.1, 0.15) is 0 Å². The van der Waals surface area contributed by atoms with Crippen LogP contribution in [0.2, 0.25) is 0 Å². The zero-order chi connectivity index (χ0) is 14.5. The molecule has 2 aromatic carbocycles. The first-order chi connectivity index (χ1) is 9.60. The molecule has 20 heavy (non-hydrogen) atoms. The first kappa shape index (κ1) is 14.3. The third-order valence-electron chi connectivity index (χ3n) is 3.20. The summed E-state index contributed by atoms with van der Waals surface area (Å²) in [5.74, 6) is 0.718. The van der Waals surface area contributed by atoms with Gasteiger partial charge in [-0.15, -0.1) is 0 Å². The fraction of sp³-hybridized carbons (Fsp3) is 0.294. The molecule has 3 nitrogen and oxygen atoms in total. The second-order valence-electron chi connectivity index (χ2n) is 4.91. The number of nitrogens with one attached hydrogen (secondary N) is 1. The Labute approximate surface area is 120 Å². The average Bonchev–Trinajstić information content (AvgIpc) is 2.43. The Morgan fingerprint density at radius 1 is 1.10 bits per heavy atom. The Bertz CT molecular complexity index is 594. The van der Waals surface area contributed by atoms with E-state index in [1.807, 2.05) is 19.1 Å². The normalized spacial score (nSPS) is 10.3. The summed E-state index contributed by atoms with van der Waals surface area (Å²) >= 11 is 0. The largest absolute Gasteiger partial charge is 0.504 e. The number of hydrogen-bond acceptors (Lipinski definition) is 3. The van der Waals surface area contributed by atoms with Crippen LogP contribution in [0.3, 0.4) is 0 Å². The van der Waals surface area contributed by atoms with Gasteiger partial charge in [0, 0.05) is 12.2 Å². The van der Waals surface area contributed by atoms with E-state index in [1.54, 1.807) is 6.07 Å². The smallest absolute Gasteiger partial charge is 0.161 e. The molecule has 0 aliphatic rings. The van der Waals surface area contributed by atoms with E-state index in [9.17, 15) is 5.11 Å². The minimum atomic E-state index is 0.183. The maximum Gasteiger partial charge on any atom is 0.161 e. The number of hydrogen-bond donors (Lipinski definition) is 2. The molecule has 0 spiro atoms. The molecule has 2 aromatic rings. The summed E-state index contributed by atoms with van der Waals surface area (Å²) in [7, 11) is 0. The molecule has 2 rings (SSSR count). The average molecular weight is 271 g/mol. The Morgan fingerprint density at radius 2 is 1.90 bits per heavy atom. The van der Waals surface area contributed by atoms with E-state index >= 15 is 0 Å². The molecule has 0 unspecified atom stereocenters. The quantitative estimate of drug-likeness (QED) is 0.863. The standard InChI is InChI=1S/C17H21NO2/c1-4-20-17-10-14(7-8-16(17)19)11-18-15-9-12(2)5-6-13(15)3/h5-10,18-19H,4,11H2,1-3H3. The molecule has 106 valence electrons. The second-order valence-corrected chi connectivity index (χ2v) is 4.91. The van der Waals surface area contributed by atoms with Gasteiger partial charge in [0.2, 0.25) is 0 Å². The van der Waals surface area contributed by atoms with Crippen molar-refractivity contribution < 1.29 is 9.84 Å². The third-order valence-corrected chi connectivity index (χ3v) is 3.20. The maximum atomic E-state index is 9.69. The lowest BCUT2D eigenvalue weighted by molar-refractivity contribution is 0.318. The first-order valence-electron chi connectivity index (χ1n) is 6.86. The monoisotopic (exact) mass is 271 g/mol. The lowest BCUT2D eigenvalue weighted by atomic mass is 10.1. The van der Waals surface area contributed by atoms with E-state index in [-0.39, 0.29) is 5.75 Å². The number of phenols is 1. The van der Waals surface area contributed by atoms with Crippen molar-refractivity contribution in [2.24, 2.45) is 0 Å².